The van der Waals surface area contributed by atoms with E-state index in [0.717, 1.165) is 0 Å². The van der Waals surface area contributed by atoms with Crippen LogP contribution in [0.2, 0.25) is 10.1 Å². The fourth-order valence-electron chi connectivity index (χ4n) is 7.29. The number of fused-ring (bicyclic) bond motifs is 7. The molecule has 4 heterocycles. The number of anilines is 1. The van der Waals surface area contributed by atoms with E-state index in [0.29, 0.717) is 57.7 Å². The number of hydrogen-bond acceptors (Lipinski definition) is 16. The second-order valence-corrected chi connectivity index (χ2v) is 24.2. The number of hydrogen-bond donors (Lipinski definition) is 4. The van der Waals surface area contributed by atoms with Crippen molar-refractivity contribution in [2.75, 3.05) is 117 Å². The first-order valence-corrected chi connectivity index (χ1v) is 24.4. The van der Waals surface area contributed by atoms with Crippen LogP contribution >= 0.6 is 0 Å². The van der Waals surface area contributed by atoms with Gasteiger partial charge < -0.3 is 24.6 Å². The first-order chi connectivity index (χ1) is 27.2. The average Bonchev–Trinajstić information content (AvgIpc) is 3.51. The van der Waals surface area contributed by atoms with E-state index in [4.69, 9.17) is 20.4 Å². The molecule has 3 saturated heterocycles. The number of carbonyl (C=O) groups excluding carboxylic acids is 5. The van der Waals surface area contributed by atoms with E-state index >= 15 is 4.11 Å². The third kappa shape index (κ3) is 14.0. The van der Waals surface area contributed by atoms with E-state index in [1.54, 1.807) is 10.7 Å². The van der Waals surface area contributed by atoms with Crippen molar-refractivity contribution in [2.24, 2.45) is 0 Å². The summed E-state index contributed by atoms with van der Waals surface area (Å²) in [5.41, 5.74) is 0. The number of carboxylic acid groups (broad SMARTS) is 1. The summed E-state index contributed by atoms with van der Waals surface area (Å²) in [6, 6.07) is 1.62. The van der Waals surface area contributed by atoms with Crippen LogP contribution in [0.15, 0.2) is 6.07 Å². The Balaban J connectivity index is 1.34. The van der Waals surface area contributed by atoms with Gasteiger partial charge >= 0.3 is 202 Å². The molecule has 324 valence electrons. The average molecular weight is 899 g/mol. The van der Waals surface area contributed by atoms with Gasteiger partial charge in [-0.2, -0.15) is 5.10 Å². The molecule has 0 aromatic carbocycles. The standard InChI is InChI=1S/C35H62FN9O11Si.Ga/c1-34(2,3)57(36,35(4,5)6)29-19-26(38-20-27(46)39-21-30(48)49)40-45(29)16-18-56-17-7-37-28(47)22-41-8-10-42(23-31(50)51)12-14-44(25-33(54)55)15-13-43(11-9-41)24-32(52)53;/h19H,7-18,20-25H2,1-6H3,(H,37,47)(H,38,40)(H,39,46)(H,48,49)(H,50,51)(H,52,53)(H,54,55);/q;+3/p-3. The van der Waals surface area contributed by atoms with Crippen LogP contribution in [0, 0.1) is 0 Å². The molecule has 1 aromatic heterocycles. The smallest absolute Gasteiger partial charge is 0.00882 e. The number of nitrogens with one attached hydrogen (secondary N) is 3. The summed E-state index contributed by atoms with van der Waals surface area (Å²) >= 11 is -3.96. The second kappa shape index (κ2) is 21.1. The molecule has 0 aliphatic carbocycles. The zero-order valence-electron chi connectivity index (χ0n) is 34.5. The van der Waals surface area contributed by atoms with Crippen LogP contribution in [0.5, 0.6) is 0 Å². The minimum Gasteiger partial charge on any atom is -0.0598 e. The molecule has 2 atom stereocenters. The number of nitrogens with zero attached hydrogens (tertiary/aromatic N) is 6. The molecule has 3 aliphatic heterocycles. The van der Waals surface area contributed by atoms with Crippen molar-refractivity contribution in [3.8, 4) is 0 Å². The molecule has 23 heteroatoms. The van der Waals surface area contributed by atoms with Crippen LogP contribution in [0.3, 0.4) is 0 Å². The first kappa shape index (κ1) is 47.1. The molecule has 4 rings (SSSR count). The summed E-state index contributed by atoms with van der Waals surface area (Å²) in [5, 5.41) is 20.4. The van der Waals surface area contributed by atoms with E-state index in [1.165, 1.54) is 0 Å². The van der Waals surface area contributed by atoms with Gasteiger partial charge in [0.25, 0.3) is 0 Å². The van der Waals surface area contributed by atoms with Crippen molar-refractivity contribution >= 4 is 72.5 Å². The number of halogens is 1. The van der Waals surface area contributed by atoms with Crippen molar-refractivity contribution in [2.45, 2.75) is 58.2 Å². The van der Waals surface area contributed by atoms with Crippen LogP contribution < -0.4 is 21.3 Å². The summed E-state index contributed by atoms with van der Waals surface area (Å²) < 4.78 is 41.0. The monoisotopic (exact) mass is 897 g/mol. The second-order valence-electron chi connectivity index (χ2n) is 16.6. The molecule has 0 radical (unpaired) electrons. The molecular formula is C35H59FGaN9O11Si. The Morgan fingerprint density at radius 1 is 0.793 bits per heavy atom. The fourth-order valence-corrected chi connectivity index (χ4v) is 14.1. The molecule has 3 aliphatic rings. The van der Waals surface area contributed by atoms with Crippen LogP contribution in [0.25, 0.3) is 0 Å². The van der Waals surface area contributed by atoms with Crippen molar-refractivity contribution in [1.29, 1.82) is 0 Å². The van der Waals surface area contributed by atoms with Gasteiger partial charge in [-0.05, 0) is 10.1 Å². The van der Waals surface area contributed by atoms with E-state index in [1.807, 2.05) is 61.1 Å². The summed E-state index contributed by atoms with van der Waals surface area (Å²) in [6.45, 7) is 14.8. The number of aromatic nitrogens is 2. The van der Waals surface area contributed by atoms with Crippen molar-refractivity contribution in [3.63, 3.8) is 0 Å². The number of ether oxygens (including phenoxy) is 1. The molecule has 0 spiro atoms. The molecule has 4 bridgehead atoms. The van der Waals surface area contributed by atoms with Crippen molar-refractivity contribution in [1.82, 2.24) is 40.0 Å². The largest absolute Gasteiger partial charge is 0.0598 e. The Bertz CT molecular complexity index is 1580. The van der Waals surface area contributed by atoms with E-state index < -0.39 is 72.1 Å². The molecule has 20 nitrogen and oxygen atoms in total. The van der Waals surface area contributed by atoms with Gasteiger partial charge in [-0.3, -0.25) is 14.3 Å². The molecule has 58 heavy (non-hydrogen) atoms. The summed E-state index contributed by atoms with van der Waals surface area (Å²) in [5.74, 6) is -3.53. The Kier molecular flexibility index (Phi) is 17.1. The third-order valence-electron chi connectivity index (χ3n) is 10.1. The van der Waals surface area contributed by atoms with E-state index in [2.05, 4.69) is 21.0 Å². The molecule has 4 N–H and O–H groups in total. The molecular weight excluding hydrogens is 839 g/mol. The molecule has 0 saturated carbocycles. The molecule has 1 aromatic rings. The summed E-state index contributed by atoms with van der Waals surface area (Å²) in [6.07, 6.45) is 0. The first-order valence-electron chi connectivity index (χ1n) is 19.6. The van der Waals surface area contributed by atoms with E-state index in [9.17, 15) is 28.8 Å². The van der Waals surface area contributed by atoms with Crippen LogP contribution in [0.4, 0.5) is 9.93 Å². The van der Waals surface area contributed by atoms with Gasteiger partial charge in [-0.15, -0.1) is 0 Å². The van der Waals surface area contributed by atoms with Crippen LogP contribution in [0.1, 0.15) is 41.5 Å². The van der Waals surface area contributed by atoms with Crippen molar-refractivity contribution < 1.29 is 53.3 Å². The Morgan fingerprint density at radius 3 is 1.78 bits per heavy atom. The predicted octanol–water partition coefficient (Wildman–Crippen LogP) is -1.79. The molecule has 3 fully saturated rings. The van der Waals surface area contributed by atoms with Crippen LogP contribution in [-0.4, -0.2) is 207 Å². The number of carbonyl (C=O) groups is 6. The van der Waals surface area contributed by atoms with Gasteiger partial charge in [0, 0.05) is 6.07 Å². The van der Waals surface area contributed by atoms with Gasteiger partial charge in [0.1, 0.15) is 12.4 Å². The maximum atomic E-state index is 17.4. The SMILES string of the molecule is CC(C)(C)[Si](F)(c1cc(NCC(=O)NCC(=O)O)nn1CCOCCNC(=O)CN1CCN2CCN3CCN(CC1)CC(=O)[O][Ga]([O]C(=O)C2)[O]C(=O)C3)C(C)(C)C. The maximum Gasteiger partial charge on any atom is -0.00882 e. The zero-order valence-corrected chi connectivity index (χ0v) is 37.9. The van der Waals surface area contributed by atoms with Gasteiger partial charge in [-0.1, -0.05) is 41.5 Å². The minimum absolute atomic E-state index is 0.00834. The Labute approximate surface area is 345 Å². The third-order valence-corrected chi connectivity index (χ3v) is 18.2. The van der Waals surface area contributed by atoms with Gasteiger partial charge in [-0.25, -0.2) is 0 Å². The van der Waals surface area contributed by atoms with Gasteiger partial charge in [0.05, 0.1) is 25.0 Å². The quantitative estimate of drug-likeness (QED) is 0.0920. The minimum atomic E-state index is -3.96. The Hall–Kier alpha value is -3.59. The zero-order chi connectivity index (χ0) is 42.7. The number of rotatable bonds is 14. The Morgan fingerprint density at radius 2 is 1.29 bits per heavy atom. The van der Waals surface area contributed by atoms with Crippen molar-refractivity contribution in [3.05, 3.63) is 6.07 Å². The number of amides is 2. The predicted molar refractivity (Wildman–Crippen MR) is 211 cm³/mol. The number of aliphatic carboxylic acids is 1. The van der Waals surface area contributed by atoms with Gasteiger partial charge in [0.15, 0.2) is 0 Å². The number of carboxylic acids is 1. The van der Waals surface area contributed by atoms with Gasteiger partial charge in [0.2, 0.25) is 5.91 Å². The summed E-state index contributed by atoms with van der Waals surface area (Å²) in [7, 11) is -3.80. The fraction of sp³-hybridized carbons (Fsp3) is 0.743. The van der Waals surface area contributed by atoms with E-state index in [-0.39, 0.29) is 70.8 Å². The van der Waals surface area contributed by atoms with Crippen LogP contribution in [-0.2, 0) is 50.6 Å². The maximum absolute atomic E-state index is 17.4. The summed E-state index contributed by atoms with van der Waals surface area (Å²) in [4.78, 5) is 82.0. The topological polar surface area (TPSA) is 226 Å². The normalized spacial score (nSPS) is 21.7. The molecule has 2 amide bonds. The molecule has 2 unspecified atom stereocenters.